The highest BCUT2D eigenvalue weighted by Gasteiger charge is 2.34. The number of aliphatic hydroxyl groups is 1. The number of benzene rings is 14. The Hall–Kier alpha value is -18.9. The number of carbonyl (C=O) groups excluding carboxylic acids is 3. The first-order valence-corrected chi connectivity index (χ1v) is 41.4. The van der Waals surface area contributed by atoms with Crippen molar-refractivity contribution in [3.63, 3.8) is 0 Å². The van der Waals surface area contributed by atoms with E-state index in [4.69, 9.17) is 23.4 Å². The topological polar surface area (TPSA) is 604 Å². The maximum atomic E-state index is 12.4. The number of aliphatic hydroxyl groups excluding tert-OH is 1. The lowest BCUT2D eigenvalue weighted by atomic mass is 9.87. The number of Topliss-reactive ketones (excluding diaryl/α,β-unsaturated/α-hetero) is 3. The van der Waals surface area contributed by atoms with Gasteiger partial charge in [0.15, 0.2) is 97.8 Å². The number of rotatable bonds is 11. The Morgan fingerprint density at radius 1 is 0.326 bits per heavy atom. The van der Waals surface area contributed by atoms with Crippen molar-refractivity contribution in [3.05, 3.63) is 351 Å². The Morgan fingerprint density at radius 3 is 1.22 bits per heavy atom. The van der Waals surface area contributed by atoms with E-state index in [0.717, 1.165) is 64.1 Å². The molecule has 0 saturated carbocycles. The van der Waals surface area contributed by atoms with Gasteiger partial charge in [-0.2, -0.15) is 0 Å². The Bertz CT molecular complexity index is 7070. The number of ketones is 3. The molecule has 0 amide bonds. The standard InChI is InChI=1S/C15H14O5.C15H12O5.C15H10O5.2C15H12O5.C15H14O4.C15H12O4/c3*16-9-3-1-8(2-4-9)11-7-20-14-6-13(18)12(17)5-10(14)15(11)19;2*1-8(9-2-4-10(16)5-3-9)15(20)11-6-13(18)14(19)7-12(11)17;2*16-12-3-1-9(2-4-12)11-5-10-6-13(17)14(18)7-15(10)19-8-11/h1-6,11,15-19H,7H2;1-6,11,16-18H,7H2;1-7,16-18H;2*2-7,16-19H,1H2;1-4,6-7,11,16-18H,5,8H2;1-7,16-18H,8H2. The highest BCUT2D eigenvalue weighted by molar-refractivity contribution is 6.30. The van der Waals surface area contributed by atoms with Crippen LogP contribution in [0, 0.1) is 0 Å². The van der Waals surface area contributed by atoms with Gasteiger partial charge in [-0.15, -0.1) is 0 Å². The lowest BCUT2D eigenvalue weighted by Gasteiger charge is -2.30. The van der Waals surface area contributed by atoms with Crippen LogP contribution in [0.15, 0.2) is 283 Å². The molecular weight excluding hydrogens is 1790 g/mol. The third-order valence-corrected chi connectivity index (χ3v) is 22.1. The molecule has 4 atom stereocenters. The second-order valence-corrected chi connectivity index (χ2v) is 31.4. The van der Waals surface area contributed by atoms with E-state index >= 15 is 0 Å². The summed E-state index contributed by atoms with van der Waals surface area (Å²) in [5.74, 6) is -4.87. The van der Waals surface area contributed by atoms with E-state index in [-0.39, 0.29) is 179 Å². The van der Waals surface area contributed by atoms with Crippen molar-refractivity contribution in [2.45, 2.75) is 30.3 Å². The van der Waals surface area contributed by atoms with E-state index < -0.39 is 58.1 Å². The van der Waals surface area contributed by atoms with Crippen LogP contribution in [0.4, 0.5) is 0 Å². The van der Waals surface area contributed by atoms with E-state index in [1.54, 1.807) is 84.9 Å². The van der Waals surface area contributed by atoms with Crippen molar-refractivity contribution in [3.8, 4) is 166 Å². The normalized spacial score (nSPS) is 14.4. The van der Waals surface area contributed by atoms with Gasteiger partial charge in [0.1, 0.15) is 99.8 Å². The van der Waals surface area contributed by atoms with Gasteiger partial charge in [-0.1, -0.05) is 98.1 Å². The Kier molecular flexibility index (Phi) is 29.2. The summed E-state index contributed by atoms with van der Waals surface area (Å²) in [5, 5.41) is 226. The number of phenols is 23. The molecule has 4 aliphatic heterocycles. The summed E-state index contributed by atoms with van der Waals surface area (Å²) in [4.78, 5) is 49.2. The molecule has 15 aromatic rings. The molecule has 0 fully saturated rings. The molecule has 0 bridgehead atoms. The molecule has 0 spiro atoms. The monoisotopic (exact) mass is 1870 g/mol. The molecule has 138 heavy (non-hydrogen) atoms. The first-order valence-electron chi connectivity index (χ1n) is 41.4. The van der Waals surface area contributed by atoms with E-state index in [2.05, 4.69) is 13.2 Å². The van der Waals surface area contributed by atoms with Crippen molar-refractivity contribution in [2.24, 2.45) is 0 Å². The van der Waals surface area contributed by atoms with Gasteiger partial charge < -0.3 is 146 Å². The minimum Gasteiger partial charge on any atom is -0.508 e. The number of fused-ring (bicyclic) bond motifs is 5. The van der Waals surface area contributed by atoms with Crippen LogP contribution in [0.25, 0.3) is 44.9 Å². The molecule has 24 N–H and O–H groups in total. The number of hydrogen-bond donors (Lipinski definition) is 24. The first kappa shape index (κ1) is 96.6. The summed E-state index contributed by atoms with van der Waals surface area (Å²) < 4.78 is 27.5. The van der Waals surface area contributed by atoms with E-state index in [1.807, 2.05) is 18.2 Å². The summed E-state index contributed by atoms with van der Waals surface area (Å²) in [5.41, 5.74) is 8.32. The zero-order chi connectivity index (χ0) is 99.4. The van der Waals surface area contributed by atoms with E-state index in [9.17, 15) is 142 Å². The highest BCUT2D eigenvalue weighted by Crippen LogP contribution is 2.48. The van der Waals surface area contributed by atoms with Crippen LogP contribution in [-0.4, -0.2) is 166 Å². The molecular formula is C105H86O33. The van der Waals surface area contributed by atoms with Crippen LogP contribution >= 0.6 is 0 Å². The molecule has 33 heteroatoms. The van der Waals surface area contributed by atoms with Gasteiger partial charge in [0.2, 0.25) is 5.43 Å². The largest absolute Gasteiger partial charge is 0.508 e. The van der Waals surface area contributed by atoms with Gasteiger partial charge >= 0.3 is 0 Å². The number of hydrogen-bond acceptors (Lipinski definition) is 33. The molecule has 0 aliphatic carbocycles. The predicted molar refractivity (Wildman–Crippen MR) is 501 cm³/mol. The zero-order valence-corrected chi connectivity index (χ0v) is 72.1. The minimum absolute atomic E-state index is 0.0547. The van der Waals surface area contributed by atoms with Crippen LogP contribution in [0.3, 0.4) is 0 Å². The third kappa shape index (κ3) is 22.6. The van der Waals surface area contributed by atoms with Crippen molar-refractivity contribution in [2.75, 3.05) is 26.4 Å². The molecule has 19 rings (SSSR count). The molecule has 1 aromatic heterocycles. The number of carbonyl (C=O) groups is 3. The van der Waals surface area contributed by atoms with Gasteiger partial charge in [0, 0.05) is 76.6 Å². The fraction of sp³-hybridized carbons (Fsp3) is 0.0857. The molecule has 0 saturated heterocycles. The first-order chi connectivity index (χ1) is 65.7. The Balaban J connectivity index is 0.000000136. The Labute approximate surface area is 781 Å². The molecule has 704 valence electrons. The van der Waals surface area contributed by atoms with Gasteiger partial charge in [0.25, 0.3) is 0 Å². The van der Waals surface area contributed by atoms with Crippen molar-refractivity contribution < 1.29 is 160 Å². The summed E-state index contributed by atoms with van der Waals surface area (Å²) >= 11 is 0. The summed E-state index contributed by atoms with van der Waals surface area (Å²) in [6.07, 6.45) is 3.06. The highest BCUT2D eigenvalue weighted by atomic mass is 16.5. The third-order valence-electron chi connectivity index (χ3n) is 22.1. The van der Waals surface area contributed by atoms with Crippen LogP contribution in [0.2, 0.25) is 0 Å². The van der Waals surface area contributed by atoms with E-state index in [0.29, 0.717) is 63.8 Å². The lowest BCUT2D eigenvalue weighted by molar-refractivity contribution is 0.0881. The van der Waals surface area contributed by atoms with Gasteiger partial charge in [0.05, 0.1) is 52.9 Å². The van der Waals surface area contributed by atoms with Gasteiger partial charge in [-0.05, 0) is 190 Å². The summed E-state index contributed by atoms with van der Waals surface area (Å²) in [6, 6.07) is 61.4. The number of ether oxygens (including phenoxy) is 4. The van der Waals surface area contributed by atoms with Crippen molar-refractivity contribution >= 4 is 51.1 Å². The quantitative estimate of drug-likeness (QED) is 0.0247. The average molecular weight is 1880 g/mol. The molecule has 33 nitrogen and oxygen atoms in total. The minimum atomic E-state index is -0.852. The second-order valence-electron chi connectivity index (χ2n) is 31.4. The molecule has 4 unspecified atom stereocenters. The molecule has 4 aliphatic rings. The zero-order valence-electron chi connectivity index (χ0n) is 72.1. The summed E-state index contributed by atoms with van der Waals surface area (Å²) in [6.45, 7) is 8.57. The molecule has 5 heterocycles. The lowest BCUT2D eigenvalue weighted by Crippen LogP contribution is -2.25. The van der Waals surface area contributed by atoms with Gasteiger partial charge in [-0.25, -0.2) is 0 Å². The fourth-order valence-electron chi connectivity index (χ4n) is 14.5. The smallest absolute Gasteiger partial charge is 0.200 e. The maximum absolute atomic E-state index is 12.4. The average Bonchev–Trinajstić information content (AvgIpc) is 0.469. The van der Waals surface area contributed by atoms with Crippen LogP contribution in [0.5, 0.6) is 155 Å². The predicted octanol–water partition coefficient (Wildman–Crippen LogP) is 16.8. The van der Waals surface area contributed by atoms with Gasteiger partial charge in [-0.3, -0.25) is 19.2 Å². The second kappa shape index (κ2) is 41.7. The van der Waals surface area contributed by atoms with Crippen molar-refractivity contribution in [1.82, 2.24) is 0 Å². The fourth-order valence-corrected chi connectivity index (χ4v) is 14.5. The number of phenolic OH excluding ortho intramolecular Hbond substituents is 23. The van der Waals surface area contributed by atoms with Crippen LogP contribution in [-0.2, 0) is 6.42 Å². The number of allylic oxidation sites excluding steroid dienone is 2. The van der Waals surface area contributed by atoms with Crippen LogP contribution in [0.1, 0.15) is 105 Å². The molecule has 0 radical (unpaired) electrons. The molecule has 14 aromatic carbocycles. The van der Waals surface area contributed by atoms with Crippen LogP contribution < -0.4 is 24.4 Å². The SMILES string of the molecule is C=C(C(=O)c1cc(O)c(O)cc1O)c1ccc(O)cc1.C=C(C(=O)c1cc(O)c(O)cc1O)c1ccc(O)cc1.O=C1c2cc(O)c(O)cc2OCC1c1ccc(O)cc1.O=c1c(-c2ccc(O)cc2)coc2cc(O)c(O)cc12.Oc1ccc(C2=Cc3cc(O)c(O)cc3OC2)cc1.Oc1ccc(C2COc3cc(O)c(O)cc3C2)cc1.Oc1ccc(C2COc3cc(O)c(O)cc3C2O)cc1. The van der Waals surface area contributed by atoms with Crippen molar-refractivity contribution in [1.29, 1.82) is 0 Å². The van der Waals surface area contributed by atoms with E-state index in [1.165, 1.54) is 140 Å². The maximum Gasteiger partial charge on any atom is 0.200 e. The number of aromatic hydroxyl groups is 23. The Morgan fingerprint density at radius 2 is 0.710 bits per heavy atom. The summed E-state index contributed by atoms with van der Waals surface area (Å²) in [7, 11) is 0.